The summed E-state index contributed by atoms with van der Waals surface area (Å²) in [4.78, 5) is 4.87. The zero-order chi connectivity index (χ0) is 11.0. The lowest BCUT2D eigenvalue weighted by Gasteiger charge is -2.25. The van der Waals surface area contributed by atoms with Crippen molar-refractivity contribution in [2.24, 2.45) is 5.73 Å². The van der Waals surface area contributed by atoms with Gasteiger partial charge in [-0.1, -0.05) is 19.1 Å². The standard InChI is InChI=1S/C12H16N2S/c1-7-4-3-5-9-6-14-8(2)11(10(7)9)12(13)15/h6-7H,3-5H2,1-2H3,(H2,13,15)/t7-/m0/s1. The summed E-state index contributed by atoms with van der Waals surface area (Å²) >= 11 is 5.13. The van der Waals surface area contributed by atoms with Crippen LogP contribution in [0.4, 0.5) is 0 Å². The van der Waals surface area contributed by atoms with Crippen LogP contribution >= 0.6 is 12.2 Å². The molecule has 1 atom stereocenters. The van der Waals surface area contributed by atoms with Gasteiger partial charge in [0.1, 0.15) is 4.99 Å². The molecule has 3 heteroatoms. The highest BCUT2D eigenvalue weighted by atomic mass is 32.1. The molecular formula is C12H16N2S. The number of thiocarbonyl (C=S) groups is 1. The monoisotopic (exact) mass is 220 g/mol. The number of aryl methyl sites for hydroxylation is 2. The Bertz CT molecular complexity index is 412. The Morgan fingerprint density at radius 3 is 3.00 bits per heavy atom. The lowest BCUT2D eigenvalue weighted by molar-refractivity contribution is 0.586. The van der Waals surface area contributed by atoms with E-state index in [0.717, 1.165) is 17.7 Å². The lowest BCUT2D eigenvalue weighted by Crippen LogP contribution is -2.20. The average molecular weight is 220 g/mol. The third kappa shape index (κ3) is 1.76. The van der Waals surface area contributed by atoms with Crippen LogP contribution in [0.3, 0.4) is 0 Å². The Kier molecular flexibility index (Phi) is 2.74. The van der Waals surface area contributed by atoms with Gasteiger partial charge in [0.05, 0.1) is 0 Å². The van der Waals surface area contributed by atoms with Crippen LogP contribution < -0.4 is 5.73 Å². The highest BCUT2D eigenvalue weighted by Gasteiger charge is 2.22. The van der Waals surface area contributed by atoms with E-state index >= 15 is 0 Å². The minimum absolute atomic E-state index is 0.491. The summed E-state index contributed by atoms with van der Waals surface area (Å²) in [7, 11) is 0. The molecule has 1 aliphatic carbocycles. The molecular weight excluding hydrogens is 204 g/mol. The Hall–Kier alpha value is -0.960. The van der Waals surface area contributed by atoms with Crippen LogP contribution in [-0.4, -0.2) is 9.97 Å². The first-order valence-electron chi connectivity index (χ1n) is 5.39. The summed E-state index contributed by atoms with van der Waals surface area (Å²) in [6.45, 7) is 4.23. The second-order valence-corrected chi connectivity index (χ2v) is 4.75. The van der Waals surface area contributed by atoms with E-state index in [4.69, 9.17) is 18.0 Å². The summed E-state index contributed by atoms with van der Waals surface area (Å²) in [5, 5.41) is 0. The van der Waals surface area contributed by atoms with Gasteiger partial charge in [-0.15, -0.1) is 0 Å². The zero-order valence-electron chi connectivity index (χ0n) is 9.21. The fourth-order valence-corrected chi connectivity index (χ4v) is 2.74. The Morgan fingerprint density at radius 1 is 1.60 bits per heavy atom. The molecule has 0 aromatic carbocycles. The maximum Gasteiger partial charge on any atom is 0.106 e. The van der Waals surface area contributed by atoms with Crippen LogP contribution in [0.1, 0.15) is 48.1 Å². The molecule has 1 heterocycles. The van der Waals surface area contributed by atoms with Crippen molar-refractivity contribution in [3.8, 4) is 0 Å². The van der Waals surface area contributed by atoms with Crippen molar-refractivity contribution >= 4 is 17.2 Å². The van der Waals surface area contributed by atoms with Crippen LogP contribution in [0.25, 0.3) is 0 Å². The number of rotatable bonds is 1. The first-order valence-corrected chi connectivity index (χ1v) is 5.80. The van der Waals surface area contributed by atoms with Crippen molar-refractivity contribution < 1.29 is 0 Å². The number of fused-ring (bicyclic) bond motifs is 1. The van der Waals surface area contributed by atoms with Gasteiger partial charge in [-0.25, -0.2) is 0 Å². The van der Waals surface area contributed by atoms with Crippen molar-refractivity contribution in [1.29, 1.82) is 0 Å². The van der Waals surface area contributed by atoms with Crippen molar-refractivity contribution in [3.63, 3.8) is 0 Å². The molecule has 1 aromatic rings. The van der Waals surface area contributed by atoms with Gasteiger partial charge in [-0.2, -0.15) is 0 Å². The van der Waals surface area contributed by atoms with E-state index in [9.17, 15) is 0 Å². The number of nitrogens with zero attached hydrogens (tertiary/aromatic N) is 1. The van der Waals surface area contributed by atoms with Gasteiger partial charge in [-0.05, 0) is 43.2 Å². The van der Waals surface area contributed by atoms with Crippen LogP contribution in [0.2, 0.25) is 0 Å². The van der Waals surface area contributed by atoms with Gasteiger partial charge in [0.25, 0.3) is 0 Å². The molecule has 1 aliphatic rings. The normalized spacial score (nSPS) is 19.7. The van der Waals surface area contributed by atoms with E-state index in [-0.39, 0.29) is 0 Å². The molecule has 2 N–H and O–H groups in total. The molecule has 0 amide bonds. The van der Waals surface area contributed by atoms with Crippen molar-refractivity contribution in [1.82, 2.24) is 4.98 Å². The van der Waals surface area contributed by atoms with Gasteiger partial charge in [0, 0.05) is 17.5 Å². The molecule has 0 saturated carbocycles. The molecule has 0 bridgehead atoms. The van der Waals surface area contributed by atoms with E-state index in [0.29, 0.717) is 10.9 Å². The molecule has 0 radical (unpaired) electrons. The number of aromatic nitrogens is 1. The van der Waals surface area contributed by atoms with Gasteiger partial charge in [0.15, 0.2) is 0 Å². The molecule has 0 spiro atoms. The van der Waals surface area contributed by atoms with E-state index in [1.807, 2.05) is 13.1 Å². The predicted molar refractivity (Wildman–Crippen MR) is 66.2 cm³/mol. The maximum absolute atomic E-state index is 5.79. The minimum Gasteiger partial charge on any atom is -0.389 e. The Labute approximate surface area is 95.9 Å². The molecule has 2 nitrogen and oxygen atoms in total. The number of hydrogen-bond acceptors (Lipinski definition) is 2. The first-order chi connectivity index (χ1) is 7.11. The zero-order valence-corrected chi connectivity index (χ0v) is 10.0. The Morgan fingerprint density at radius 2 is 2.33 bits per heavy atom. The van der Waals surface area contributed by atoms with Crippen LogP contribution in [0, 0.1) is 6.92 Å². The summed E-state index contributed by atoms with van der Waals surface area (Å²) in [5.41, 5.74) is 10.5. The molecule has 2 rings (SSSR count). The van der Waals surface area contributed by atoms with Gasteiger partial charge in [0.2, 0.25) is 0 Å². The fraction of sp³-hybridized carbons (Fsp3) is 0.500. The van der Waals surface area contributed by atoms with Crippen LogP contribution in [0.5, 0.6) is 0 Å². The average Bonchev–Trinajstić information content (AvgIpc) is 2.18. The quantitative estimate of drug-likeness (QED) is 0.739. The molecule has 0 aliphatic heterocycles. The van der Waals surface area contributed by atoms with Crippen LogP contribution in [0.15, 0.2) is 6.20 Å². The topological polar surface area (TPSA) is 38.9 Å². The summed E-state index contributed by atoms with van der Waals surface area (Å²) in [6, 6.07) is 0. The lowest BCUT2D eigenvalue weighted by atomic mass is 9.81. The van der Waals surface area contributed by atoms with E-state index < -0.39 is 0 Å². The summed E-state index contributed by atoms with van der Waals surface area (Å²) < 4.78 is 0. The first kappa shape index (κ1) is 10.6. The number of nitrogens with two attached hydrogens (primary N) is 1. The smallest absolute Gasteiger partial charge is 0.106 e. The third-order valence-electron chi connectivity index (χ3n) is 3.21. The fourth-order valence-electron chi connectivity index (χ4n) is 2.48. The predicted octanol–water partition coefficient (Wildman–Crippen LogP) is 2.46. The highest BCUT2D eigenvalue weighted by molar-refractivity contribution is 7.80. The van der Waals surface area contributed by atoms with E-state index in [1.165, 1.54) is 24.0 Å². The van der Waals surface area contributed by atoms with Gasteiger partial charge in [-0.3, -0.25) is 4.98 Å². The molecule has 0 saturated heterocycles. The van der Waals surface area contributed by atoms with Crippen molar-refractivity contribution in [2.45, 2.75) is 39.0 Å². The minimum atomic E-state index is 0.491. The largest absolute Gasteiger partial charge is 0.389 e. The number of pyridine rings is 1. The molecule has 0 unspecified atom stereocenters. The Balaban J connectivity index is 2.66. The van der Waals surface area contributed by atoms with Crippen molar-refractivity contribution in [3.05, 3.63) is 28.6 Å². The third-order valence-corrected chi connectivity index (χ3v) is 3.42. The molecule has 15 heavy (non-hydrogen) atoms. The number of hydrogen-bond donors (Lipinski definition) is 1. The summed E-state index contributed by atoms with van der Waals surface area (Å²) in [5.74, 6) is 0.562. The summed E-state index contributed by atoms with van der Waals surface area (Å²) in [6.07, 6.45) is 5.58. The van der Waals surface area contributed by atoms with Gasteiger partial charge >= 0.3 is 0 Å². The van der Waals surface area contributed by atoms with E-state index in [1.54, 1.807) is 0 Å². The highest BCUT2D eigenvalue weighted by Crippen LogP contribution is 2.34. The second-order valence-electron chi connectivity index (χ2n) is 4.32. The molecule has 0 fully saturated rings. The molecule has 80 valence electrons. The molecule has 1 aromatic heterocycles. The van der Waals surface area contributed by atoms with Crippen LogP contribution in [-0.2, 0) is 6.42 Å². The maximum atomic E-state index is 5.79. The van der Waals surface area contributed by atoms with Crippen molar-refractivity contribution in [2.75, 3.05) is 0 Å². The van der Waals surface area contributed by atoms with Gasteiger partial charge < -0.3 is 5.73 Å². The second kappa shape index (κ2) is 3.89. The SMILES string of the molecule is Cc1ncc2c(c1C(N)=S)[C@@H](C)CCC2. The van der Waals surface area contributed by atoms with E-state index in [2.05, 4.69) is 11.9 Å².